The summed E-state index contributed by atoms with van der Waals surface area (Å²) in [6, 6.07) is 10.3. The Bertz CT molecular complexity index is 314. The van der Waals surface area contributed by atoms with Gasteiger partial charge in [-0.05, 0) is 17.6 Å². The monoisotopic (exact) mass is 209 g/mol. The molecule has 0 heterocycles. The number of nitrogens with zero attached hydrogens (tertiary/aromatic N) is 1. The zero-order valence-electron chi connectivity index (χ0n) is 8.92. The molecule has 1 nitrogen and oxygen atoms in total. The van der Waals surface area contributed by atoms with Gasteiger partial charge in [0.05, 0.1) is 0 Å². The lowest BCUT2D eigenvalue weighted by Gasteiger charge is -2.16. The Morgan fingerprint density at radius 1 is 1.21 bits per heavy atom. The molecule has 1 rings (SSSR count). The van der Waals surface area contributed by atoms with E-state index in [4.69, 9.17) is 11.6 Å². The lowest BCUT2D eigenvalue weighted by atomic mass is 10.0. The Labute approximate surface area is 91.0 Å². The summed E-state index contributed by atoms with van der Waals surface area (Å²) in [4.78, 5) is 1.94. The van der Waals surface area contributed by atoms with Crippen molar-refractivity contribution in [2.75, 3.05) is 14.1 Å². The number of rotatable bonds is 3. The maximum atomic E-state index is 6.22. The molecule has 0 atom stereocenters. The highest BCUT2D eigenvalue weighted by Crippen LogP contribution is 2.25. The summed E-state index contributed by atoms with van der Waals surface area (Å²) in [6.45, 7) is 2.12. The minimum atomic E-state index is 0.818. The number of hydrogen-bond acceptors (Lipinski definition) is 1. The van der Waals surface area contributed by atoms with Crippen LogP contribution >= 0.6 is 11.6 Å². The molecule has 0 aliphatic heterocycles. The summed E-state index contributed by atoms with van der Waals surface area (Å²) in [7, 11) is 3.92. The van der Waals surface area contributed by atoms with Crippen molar-refractivity contribution >= 4 is 17.2 Å². The number of benzene rings is 1. The molecule has 76 valence electrons. The predicted octanol–water partition coefficient (Wildman–Crippen LogP) is 3.57. The van der Waals surface area contributed by atoms with Crippen LogP contribution in [0, 0.1) is 0 Å². The van der Waals surface area contributed by atoms with E-state index in [9.17, 15) is 0 Å². The standard InChI is InChI=1S/C12H16ClN/c1-4-11(12(13)14(2)3)10-8-6-5-7-9-10/h5-9H,4H2,1-3H3. The van der Waals surface area contributed by atoms with Gasteiger partial charge < -0.3 is 4.90 Å². The quantitative estimate of drug-likeness (QED) is 0.688. The fourth-order valence-electron chi connectivity index (χ4n) is 1.38. The molecule has 0 saturated heterocycles. The third-order valence-corrected chi connectivity index (χ3v) is 2.68. The Morgan fingerprint density at radius 3 is 2.21 bits per heavy atom. The molecule has 0 saturated carbocycles. The molecule has 0 amide bonds. The highest BCUT2D eigenvalue weighted by Gasteiger charge is 2.06. The minimum Gasteiger partial charge on any atom is -0.368 e. The van der Waals surface area contributed by atoms with Crippen molar-refractivity contribution in [3.05, 3.63) is 41.1 Å². The van der Waals surface area contributed by atoms with Crippen LogP contribution in [-0.2, 0) is 0 Å². The predicted molar refractivity (Wildman–Crippen MR) is 63.2 cm³/mol. The molecule has 0 bridgehead atoms. The Morgan fingerprint density at radius 2 is 1.79 bits per heavy atom. The second kappa shape index (κ2) is 5.06. The van der Waals surface area contributed by atoms with Crippen LogP contribution in [0.15, 0.2) is 35.5 Å². The van der Waals surface area contributed by atoms with E-state index >= 15 is 0 Å². The van der Waals surface area contributed by atoms with E-state index in [2.05, 4.69) is 19.1 Å². The molecule has 14 heavy (non-hydrogen) atoms. The van der Waals surface area contributed by atoms with E-state index in [1.807, 2.05) is 37.2 Å². The van der Waals surface area contributed by atoms with Crippen molar-refractivity contribution in [1.82, 2.24) is 4.90 Å². The first-order valence-corrected chi connectivity index (χ1v) is 5.16. The van der Waals surface area contributed by atoms with Crippen molar-refractivity contribution in [3.63, 3.8) is 0 Å². The van der Waals surface area contributed by atoms with Gasteiger partial charge >= 0.3 is 0 Å². The largest absolute Gasteiger partial charge is 0.368 e. The first-order valence-electron chi connectivity index (χ1n) is 4.78. The van der Waals surface area contributed by atoms with Crippen molar-refractivity contribution in [2.45, 2.75) is 13.3 Å². The molecule has 0 aromatic heterocycles. The molecule has 0 radical (unpaired) electrons. The maximum Gasteiger partial charge on any atom is 0.108 e. The van der Waals surface area contributed by atoms with Crippen LogP contribution in [0.5, 0.6) is 0 Å². The molecule has 0 aliphatic rings. The fraction of sp³-hybridized carbons (Fsp3) is 0.333. The third-order valence-electron chi connectivity index (χ3n) is 2.12. The first-order chi connectivity index (χ1) is 6.66. The Hall–Kier alpha value is -0.950. The molecule has 0 unspecified atom stereocenters. The van der Waals surface area contributed by atoms with Crippen molar-refractivity contribution in [3.8, 4) is 0 Å². The van der Waals surface area contributed by atoms with Gasteiger partial charge in [0, 0.05) is 14.1 Å². The summed E-state index contributed by atoms with van der Waals surface area (Å²) < 4.78 is 0. The van der Waals surface area contributed by atoms with Crippen LogP contribution < -0.4 is 0 Å². The van der Waals surface area contributed by atoms with Gasteiger partial charge in [0.15, 0.2) is 0 Å². The van der Waals surface area contributed by atoms with E-state index in [-0.39, 0.29) is 0 Å². The normalized spacial score (nSPS) is 12.3. The average molecular weight is 210 g/mol. The maximum absolute atomic E-state index is 6.22. The van der Waals surface area contributed by atoms with Crippen molar-refractivity contribution in [2.24, 2.45) is 0 Å². The van der Waals surface area contributed by atoms with Crippen LogP contribution in [0.25, 0.3) is 5.57 Å². The molecule has 0 spiro atoms. The second-order valence-electron chi connectivity index (χ2n) is 3.38. The van der Waals surface area contributed by atoms with Crippen LogP contribution in [0.2, 0.25) is 0 Å². The van der Waals surface area contributed by atoms with Crippen LogP contribution in [0.1, 0.15) is 18.9 Å². The van der Waals surface area contributed by atoms with Gasteiger partial charge in [0.1, 0.15) is 5.16 Å². The lowest BCUT2D eigenvalue weighted by Crippen LogP contribution is -2.08. The zero-order chi connectivity index (χ0) is 10.6. The minimum absolute atomic E-state index is 0.818. The Balaban J connectivity index is 3.11. The summed E-state index contributed by atoms with van der Waals surface area (Å²) in [6.07, 6.45) is 0.945. The Kier molecular flexibility index (Phi) is 4.02. The van der Waals surface area contributed by atoms with Gasteiger partial charge in [-0.3, -0.25) is 0 Å². The second-order valence-corrected chi connectivity index (χ2v) is 3.74. The van der Waals surface area contributed by atoms with E-state index in [1.165, 1.54) is 11.1 Å². The summed E-state index contributed by atoms with van der Waals surface area (Å²) in [5, 5.41) is 0.818. The lowest BCUT2D eigenvalue weighted by molar-refractivity contribution is 0.547. The topological polar surface area (TPSA) is 3.24 Å². The van der Waals surface area contributed by atoms with Gasteiger partial charge in [-0.2, -0.15) is 0 Å². The number of hydrogen-bond donors (Lipinski definition) is 0. The first kappa shape index (κ1) is 11.1. The summed E-state index contributed by atoms with van der Waals surface area (Å²) in [5.74, 6) is 0. The van der Waals surface area contributed by atoms with Gasteiger partial charge in [0.25, 0.3) is 0 Å². The van der Waals surface area contributed by atoms with Crippen molar-refractivity contribution < 1.29 is 0 Å². The summed E-state index contributed by atoms with van der Waals surface area (Å²) in [5.41, 5.74) is 2.39. The molecule has 1 aromatic carbocycles. The smallest absolute Gasteiger partial charge is 0.108 e. The van der Waals surface area contributed by atoms with E-state index in [0.29, 0.717) is 0 Å². The highest BCUT2D eigenvalue weighted by molar-refractivity contribution is 6.32. The molecular formula is C12H16ClN. The van der Waals surface area contributed by atoms with Crippen LogP contribution in [0.3, 0.4) is 0 Å². The molecule has 2 heteroatoms. The zero-order valence-corrected chi connectivity index (χ0v) is 9.67. The van der Waals surface area contributed by atoms with E-state index in [0.717, 1.165) is 11.6 Å². The molecule has 1 aromatic rings. The molecule has 0 N–H and O–H groups in total. The van der Waals surface area contributed by atoms with Crippen LogP contribution in [0.4, 0.5) is 0 Å². The van der Waals surface area contributed by atoms with E-state index < -0.39 is 0 Å². The number of halogens is 1. The highest BCUT2D eigenvalue weighted by atomic mass is 35.5. The fourth-order valence-corrected chi connectivity index (χ4v) is 1.62. The molecule has 0 aliphatic carbocycles. The van der Waals surface area contributed by atoms with Gasteiger partial charge in [-0.25, -0.2) is 0 Å². The number of allylic oxidation sites excluding steroid dienone is 1. The van der Waals surface area contributed by atoms with Gasteiger partial charge in [-0.15, -0.1) is 0 Å². The SMILES string of the molecule is CCC(=C(Cl)N(C)C)c1ccccc1. The van der Waals surface area contributed by atoms with Crippen molar-refractivity contribution in [1.29, 1.82) is 0 Å². The third kappa shape index (κ3) is 2.52. The molecule has 0 fully saturated rings. The summed E-state index contributed by atoms with van der Waals surface area (Å²) >= 11 is 6.22. The molecular weight excluding hydrogens is 194 g/mol. The van der Waals surface area contributed by atoms with E-state index in [1.54, 1.807) is 0 Å². The van der Waals surface area contributed by atoms with Gasteiger partial charge in [0.2, 0.25) is 0 Å². The van der Waals surface area contributed by atoms with Crippen LogP contribution in [-0.4, -0.2) is 19.0 Å². The van der Waals surface area contributed by atoms with Gasteiger partial charge in [-0.1, -0.05) is 48.9 Å². The average Bonchev–Trinajstić information content (AvgIpc) is 2.20.